The molecule has 1 fully saturated rings. The van der Waals surface area contributed by atoms with E-state index < -0.39 is 0 Å². The Morgan fingerprint density at radius 2 is 1.96 bits per heavy atom. The summed E-state index contributed by atoms with van der Waals surface area (Å²) in [4.78, 5) is 14.8. The minimum absolute atomic E-state index is 0.0271. The number of rotatable bonds is 3. The number of hydrogen-bond donors (Lipinski definition) is 0. The number of likely N-dealkylation sites (tertiary alicyclic amines) is 1. The van der Waals surface area contributed by atoms with Gasteiger partial charge in [0.15, 0.2) is 5.76 Å². The monoisotopic (exact) mass is 321 g/mol. The summed E-state index contributed by atoms with van der Waals surface area (Å²) in [6.07, 6.45) is 3.74. The average Bonchev–Trinajstić information content (AvgIpc) is 3.34. The molecule has 0 N–H and O–H groups in total. The lowest BCUT2D eigenvalue weighted by molar-refractivity contribution is 0.0784. The van der Waals surface area contributed by atoms with Crippen LogP contribution in [0.15, 0.2) is 53.1 Å². The summed E-state index contributed by atoms with van der Waals surface area (Å²) in [5.74, 6) is 0.691. The van der Waals surface area contributed by atoms with Crippen LogP contribution < -0.4 is 0 Å². The largest absolute Gasteiger partial charge is 0.463 e. The number of carbonyl (C=O) groups excluding carboxylic acids is 1. The second-order valence-electron chi connectivity index (χ2n) is 6.14. The van der Waals surface area contributed by atoms with Gasteiger partial charge in [0.25, 0.3) is 5.91 Å². The fraction of sp³-hybridized carbons (Fsp3) is 0.263. The zero-order valence-electron chi connectivity index (χ0n) is 13.6. The van der Waals surface area contributed by atoms with E-state index in [-0.39, 0.29) is 5.91 Å². The summed E-state index contributed by atoms with van der Waals surface area (Å²) in [5, 5.41) is 4.63. The molecule has 0 aliphatic carbocycles. The van der Waals surface area contributed by atoms with Gasteiger partial charge in [0, 0.05) is 19.2 Å². The summed E-state index contributed by atoms with van der Waals surface area (Å²) in [5.41, 5.74) is 3.26. The van der Waals surface area contributed by atoms with E-state index in [1.54, 1.807) is 10.9 Å². The van der Waals surface area contributed by atoms with Crippen molar-refractivity contribution in [2.75, 3.05) is 13.1 Å². The molecule has 1 aliphatic heterocycles. The van der Waals surface area contributed by atoms with Gasteiger partial charge >= 0.3 is 0 Å². The quantitative estimate of drug-likeness (QED) is 0.739. The fourth-order valence-corrected chi connectivity index (χ4v) is 3.12. The summed E-state index contributed by atoms with van der Waals surface area (Å²) < 4.78 is 7.18. The molecule has 3 heterocycles. The smallest absolute Gasteiger partial charge is 0.272 e. The number of hydrogen-bond acceptors (Lipinski definition) is 3. The normalized spacial score (nSPS) is 14.3. The Hall–Kier alpha value is -2.82. The summed E-state index contributed by atoms with van der Waals surface area (Å²) in [6, 6.07) is 13.5. The van der Waals surface area contributed by atoms with E-state index in [2.05, 4.69) is 5.10 Å². The fourth-order valence-electron chi connectivity index (χ4n) is 3.12. The first-order valence-corrected chi connectivity index (χ1v) is 8.22. The third-order valence-corrected chi connectivity index (χ3v) is 4.34. The number of aryl methyl sites for hydroxylation is 1. The van der Waals surface area contributed by atoms with Crippen LogP contribution in [0.4, 0.5) is 0 Å². The first kappa shape index (κ1) is 14.8. The van der Waals surface area contributed by atoms with E-state index in [0.29, 0.717) is 17.1 Å². The molecule has 5 heteroatoms. The molecule has 0 bridgehead atoms. The third kappa shape index (κ3) is 2.62. The van der Waals surface area contributed by atoms with Crippen LogP contribution >= 0.6 is 0 Å². The maximum atomic E-state index is 12.9. The van der Waals surface area contributed by atoms with Crippen molar-refractivity contribution in [1.82, 2.24) is 14.7 Å². The second kappa shape index (κ2) is 6.00. The highest BCUT2D eigenvalue weighted by Gasteiger charge is 2.25. The number of carbonyl (C=O) groups is 1. The number of benzene rings is 1. The molecule has 0 saturated carbocycles. The van der Waals surface area contributed by atoms with Crippen molar-refractivity contribution >= 4 is 5.91 Å². The van der Waals surface area contributed by atoms with Crippen molar-refractivity contribution in [2.45, 2.75) is 19.8 Å². The molecule has 0 spiro atoms. The molecule has 4 rings (SSSR count). The summed E-state index contributed by atoms with van der Waals surface area (Å²) in [7, 11) is 0. The summed E-state index contributed by atoms with van der Waals surface area (Å²) >= 11 is 0. The van der Waals surface area contributed by atoms with Gasteiger partial charge < -0.3 is 9.32 Å². The van der Waals surface area contributed by atoms with Crippen LogP contribution in [0.5, 0.6) is 0 Å². The molecule has 5 nitrogen and oxygen atoms in total. The molecule has 1 aromatic carbocycles. The number of nitrogens with zero attached hydrogens (tertiary/aromatic N) is 3. The Morgan fingerprint density at radius 3 is 2.67 bits per heavy atom. The Balaban J connectivity index is 1.82. The summed E-state index contributed by atoms with van der Waals surface area (Å²) in [6.45, 7) is 3.66. The Morgan fingerprint density at radius 1 is 1.12 bits per heavy atom. The van der Waals surface area contributed by atoms with Crippen molar-refractivity contribution in [3.8, 4) is 17.1 Å². The SMILES string of the molecule is Cc1cccc(-n2nc(-c3ccco3)cc2C(=O)N2CCCC2)c1. The highest BCUT2D eigenvalue weighted by molar-refractivity contribution is 5.94. The molecule has 0 unspecified atom stereocenters. The lowest BCUT2D eigenvalue weighted by Crippen LogP contribution is -2.29. The van der Waals surface area contributed by atoms with Crippen molar-refractivity contribution in [3.05, 3.63) is 60.0 Å². The molecule has 0 atom stereocenters. The van der Waals surface area contributed by atoms with Gasteiger partial charge in [0.2, 0.25) is 0 Å². The second-order valence-corrected chi connectivity index (χ2v) is 6.14. The average molecular weight is 321 g/mol. The van der Waals surface area contributed by atoms with E-state index in [4.69, 9.17) is 4.42 Å². The van der Waals surface area contributed by atoms with Gasteiger partial charge in [0.05, 0.1) is 12.0 Å². The molecule has 122 valence electrons. The van der Waals surface area contributed by atoms with E-state index in [9.17, 15) is 4.79 Å². The maximum absolute atomic E-state index is 12.9. The standard InChI is InChI=1S/C19H19N3O2/c1-14-6-4-7-15(12-14)22-17(19(23)21-9-2-3-10-21)13-16(20-22)18-8-5-11-24-18/h4-8,11-13H,2-3,9-10H2,1H3. The lowest BCUT2D eigenvalue weighted by Gasteiger charge is -2.16. The molecule has 0 radical (unpaired) electrons. The van der Waals surface area contributed by atoms with Crippen LogP contribution in [-0.4, -0.2) is 33.7 Å². The van der Waals surface area contributed by atoms with Crippen LogP contribution in [0.25, 0.3) is 17.1 Å². The van der Waals surface area contributed by atoms with Crippen molar-refractivity contribution in [1.29, 1.82) is 0 Å². The van der Waals surface area contributed by atoms with Gasteiger partial charge in [-0.05, 0) is 49.6 Å². The highest BCUT2D eigenvalue weighted by atomic mass is 16.3. The molecule has 3 aromatic rings. The highest BCUT2D eigenvalue weighted by Crippen LogP contribution is 2.24. The van der Waals surface area contributed by atoms with Crippen LogP contribution in [0.1, 0.15) is 28.9 Å². The predicted molar refractivity (Wildman–Crippen MR) is 91.1 cm³/mol. The third-order valence-electron chi connectivity index (χ3n) is 4.34. The van der Waals surface area contributed by atoms with Gasteiger partial charge in [0.1, 0.15) is 11.4 Å². The van der Waals surface area contributed by atoms with Gasteiger partial charge in [-0.2, -0.15) is 5.10 Å². The molecule has 2 aromatic heterocycles. The van der Waals surface area contributed by atoms with Crippen LogP contribution in [0.2, 0.25) is 0 Å². The zero-order valence-corrected chi connectivity index (χ0v) is 13.6. The van der Waals surface area contributed by atoms with Crippen molar-refractivity contribution < 1.29 is 9.21 Å². The van der Waals surface area contributed by atoms with Crippen LogP contribution in [0, 0.1) is 6.92 Å². The molecular weight excluding hydrogens is 302 g/mol. The van der Waals surface area contributed by atoms with Gasteiger partial charge in [-0.1, -0.05) is 12.1 Å². The molecule has 1 aliphatic rings. The Labute approximate surface area is 140 Å². The van der Waals surface area contributed by atoms with E-state index >= 15 is 0 Å². The number of aromatic nitrogens is 2. The van der Waals surface area contributed by atoms with Crippen molar-refractivity contribution in [3.63, 3.8) is 0 Å². The minimum atomic E-state index is 0.0271. The van der Waals surface area contributed by atoms with Gasteiger partial charge in [-0.3, -0.25) is 4.79 Å². The minimum Gasteiger partial charge on any atom is -0.463 e. The molecule has 1 amide bonds. The first-order chi connectivity index (χ1) is 11.7. The van der Waals surface area contributed by atoms with Crippen LogP contribution in [-0.2, 0) is 0 Å². The van der Waals surface area contributed by atoms with Gasteiger partial charge in [-0.15, -0.1) is 0 Å². The van der Waals surface area contributed by atoms with Crippen LogP contribution in [0.3, 0.4) is 0 Å². The molecule has 1 saturated heterocycles. The van der Waals surface area contributed by atoms with Crippen molar-refractivity contribution in [2.24, 2.45) is 0 Å². The predicted octanol–water partition coefficient (Wildman–Crippen LogP) is 3.68. The van der Waals surface area contributed by atoms with Gasteiger partial charge in [-0.25, -0.2) is 4.68 Å². The Kier molecular flexibility index (Phi) is 3.69. The Bertz CT molecular complexity index is 859. The lowest BCUT2D eigenvalue weighted by atomic mass is 10.2. The topological polar surface area (TPSA) is 51.3 Å². The first-order valence-electron chi connectivity index (χ1n) is 8.22. The van der Waals surface area contributed by atoms with E-state index in [1.807, 2.05) is 54.3 Å². The maximum Gasteiger partial charge on any atom is 0.272 e. The molecular formula is C19H19N3O2. The number of furan rings is 1. The number of amides is 1. The zero-order chi connectivity index (χ0) is 16.5. The van der Waals surface area contributed by atoms with E-state index in [1.165, 1.54) is 0 Å². The molecule has 24 heavy (non-hydrogen) atoms. The van der Waals surface area contributed by atoms with E-state index in [0.717, 1.165) is 37.2 Å².